The van der Waals surface area contributed by atoms with Crippen molar-refractivity contribution in [3.63, 3.8) is 0 Å². The van der Waals surface area contributed by atoms with Crippen molar-refractivity contribution < 1.29 is 14.7 Å². The third kappa shape index (κ3) is 2.17. The molecule has 0 aliphatic heterocycles. The molecule has 2 aliphatic rings. The highest BCUT2D eigenvalue weighted by atomic mass is 16.4. The Morgan fingerprint density at radius 2 is 1.71 bits per heavy atom. The van der Waals surface area contributed by atoms with Gasteiger partial charge in [0.25, 0.3) is 0 Å². The molecule has 17 heavy (non-hydrogen) atoms. The molecule has 2 saturated carbocycles. The molecule has 2 fully saturated rings. The van der Waals surface area contributed by atoms with Crippen molar-refractivity contribution in [1.29, 1.82) is 0 Å². The van der Waals surface area contributed by atoms with Crippen molar-refractivity contribution in [2.24, 2.45) is 5.92 Å². The largest absolute Gasteiger partial charge is 0.479 e. The Morgan fingerprint density at radius 1 is 1.18 bits per heavy atom. The van der Waals surface area contributed by atoms with Crippen LogP contribution in [-0.2, 0) is 9.59 Å². The molecule has 1 amide bonds. The summed E-state index contributed by atoms with van der Waals surface area (Å²) < 4.78 is 0. The highest BCUT2D eigenvalue weighted by Crippen LogP contribution is 2.42. The normalized spacial score (nSPS) is 33.2. The molecule has 0 unspecified atom stereocenters. The van der Waals surface area contributed by atoms with Gasteiger partial charge in [-0.3, -0.25) is 4.79 Å². The van der Waals surface area contributed by atoms with Crippen LogP contribution >= 0.6 is 0 Å². The van der Waals surface area contributed by atoms with Crippen LogP contribution in [0.25, 0.3) is 0 Å². The first kappa shape index (κ1) is 12.4. The number of amides is 1. The molecule has 0 aromatic heterocycles. The number of aliphatic carboxylic acids is 1. The zero-order valence-corrected chi connectivity index (χ0v) is 10.6. The molecule has 96 valence electrons. The van der Waals surface area contributed by atoms with Gasteiger partial charge in [0.2, 0.25) is 5.91 Å². The Labute approximate surface area is 102 Å². The molecule has 0 spiro atoms. The van der Waals surface area contributed by atoms with Gasteiger partial charge in [-0.25, -0.2) is 4.79 Å². The Kier molecular flexibility index (Phi) is 3.15. The third-order valence-electron chi connectivity index (χ3n) is 4.21. The molecule has 1 N–H and O–H groups in total. The summed E-state index contributed by atoms with van der Waals surface area (Å²) in [5.41, 5.74) is -0.917. The van der Waals surface area contributed by atoms with Crippen molar-refractivity contribution in [2.75, 3.05) is 0 Å². The fraction of sp³-hybridized carbons (Fsp3) is 0.846. The summed E-state index contributed by atoms with van der Waals surface area (Å²) in [6.07, 6.45) is 4.96. The number of nitrogens with zero attached hydrogens (tertiary/aromatic N) is 1. The molecular weight excluding hydrogens is 218 g/mol. The number of carbonyl (C=O) groups is 2. The van der Waals surface area contributed by atoms with Crippen LogP contribution in [0.15, 0.2) is 0 Å². The minimum Gasteiger partial charge on any atom is -0.479 e. The highest BCUT2D eigenvalue weighted by Gasteiger charge is 2.52. The first-order valence-electron chi connectivity index (χ1n) is 6.50. The van der Waals surface area contributed by atoms with Crippen LogP contribution in [0.1, 0.15) is 52.4 Å². The fourth-order valence-electron chi connectivity index (χ4n) is 3.04. The van der Waals surface area contributed by atoms with Gasteiger partial charge >= 0.3 is 5.97 Å². The second-order valence-corrected chi connectivity index (χ2v) is 5.64. The molecular formula is C13H21NO3. The van der Waals surface area contributed by atoms with Gasteiger partial charge in [-0.15, -0.1) is 0 Å². The average Bonchev–Trinajstić information content (AvgIpc) is 3.05. The van der Waals surface area contributed by atoms with E-state index in [9.17, 15) is 14.7 Å². The van der Waals surface area contributed by atoms with E-state index in [1.165, 1.54) is 6.92 Å². The fourth-order valence-corrected chi connectivity index (χ4v) is 3.04. The Hall–Kier alpha value is -1.06. The molecule has 0 atom stereocenters. The van der Waals surface area contributed by atoms with E-state index in [0.29, 0.717) is 18.8 Å². The van der Waals surface area contributed by atoms with Crippen molar-refractivity contribution in [3.05, 3.63) is 0 Å². The molecule has 0 radical (unpaired) electrons. The molecule has 0 heterocycles. The van der Waals surface area contributed by atoms with E-state index in [1.54, 1.807) is 4.90 Å². The summed E-state index contributed by atoms with van der Waals surface area (Å²) in [5.74, 6) is -0.313. The van der Waals surface area contributed by atoms with E-state index in [1.807, 2.05) is 0 Å². The number of rotatable bonds is 3. The van der Waals surface area contributed by atoms with E-state index < -0.39 is 11.5 Å². The van der Waals surface area contributed by atoms with E-state index in [4.69, 9.17) is 0 Å². The predicted octanol–water partition coefficient (Wildman–Crippen LogP) is 2.03. The molecule has 0 aromatic carbocycles. The zero-order chi connectivity index (χ0) is 12.6. The number of carboxylic acid groups (broad SMARTS) is 1. The topological polar surface area (TPSA) is 57.6 Å². The highest BCUT2D eigenvalue weighted by molar-refractivity contribution is 5.86. The van der Waals surface area contributed by atoms with Crippen LogP contribution in [0.4, 0.5) is 0 Å². The van der Waals surface area contributed by atoms with Crippen molar-refractivity contribution in [1.82, 2.24) is 4.90 Å². The standard InChI is InChI=1S/C13H21NO3/c1-9-5-7-13(8-6-9,12(16)17)14(10(2)15)11-3-4-11/h9,11H,3-8H2,1-2H3,(H,16,17). The van der Waals surface area contributed by atoms with Gasteiger partial charge in [-0.2, -0.15) is 0 Å². The van der Waals surface area contributed by atoms with Crippen LogP contribution in [0.5, 0.6) is 0 Å². The second-order valence-electron chi connectivity index (χ2n) is 5.64. The summed E-state index contributed by atoms with van der Waals surface area (Å²) in [6.45, 7) is 3.65. The van der Waals surface area contributed by atoms with E-state index in [-0.39, 0.29) is 11.9 Å². The smallest absolute Gasteiger partial charge is 0.329 e. The average molecular weight is 239 g/mol. The molecule has 2 aliphatic carbocycles. The van der Waals surface area contributed by atoms with Crippen LogP contribution in [-0.4, -0.2) is 33.5 Å². The zero-order valence-electron chi connectivity index (χ0n) is 10.6. The van der Waals surface area contributed by atoms with E-state index in [2.05, 4.69) is 6.92 Å². The first-order chi connectivity index (χ1) is 7.97. The molecule has 0 bridgehead atoms. The molecule has 0 saturated heterocycles. The van der Waals surface area contributed by atoms with Gasteiger partial charge in [0, 0.05) is 13.0 Å². The number of carbonyl (C=O) groups excluding carboxylic acids is 1. The van der Waals surface area contributed by atoms with Gasteiger partial charge in [0.1, 0.15) is 5.54 Å². The SMILES string of the molecule is CC(=O)N(C1CC1)C1(C(=O)O)CCC(C)CC1. The summed E-state index contributed by atoms with van der Waals surface area (Å²) in [4.78, 5) is 25.1. The predicted molar refractivity (Wildman–Crippen MR) is 63.5 cm³/mol. The quantitative estimate of drug-likeness (QED) is 0.819. The van der Waals surface area contributed by atoms with Crippen LogP contribution in [0, 0.1) is 5.92 Å². The van der Waals surface area contributed by atoms with Gasteiger partial charge in [-0.1, -0.05) is 6.92 Å². The lowest BCUT2D eigenvalue weighted by Gasteiger charge is -2.44. The van der Waals surface area contributed by atoms with Crippen molar-refractivity contribution in [3.8, 4) is 0 Å². The molecule has 4 nitrogen and oxygen atoms in total. The third-order valence-corrected chi connectivity index (χ3v) is 4.21. The van der Waals surface area contributed by atoms with Crippen LogP contribution < -0.4 is 0 Å². The lowest BCUT2D eigenvalue weighted by Crippen LogP contribution is -2.59. The van der Waals surface area contributed by atoms with Crippen molar-refractivity contribution >= 4 is 11.9 Å². The van der Waals surface area contributed by atoms with Gasteiger partial charge < -0.3 is 10.0 Å². The Balaban J connectivity index is 2.26. The van der Waals surface area contributed by atoms with Crippen molar-refractivity contribution in [2.45, 2.75) is 64.0 Å². The van der Waals surface area contributed by atoms with Crippen LogP contribution in [0.2, 0.25) is 0 Å². The number of carboxylic acids is 1. The summed E-state index contributed by atoms with van der Waals surface area (Å²) in [6, 6.07) is 0.178. The maximum Gasteiger partial charge on any atom is 0.329 e. The number of hydrogen-bond acceptors (Lipinski definition) is 2. The molecule has 0 aromatic rings. The summed E-state index contributed by atoms with van der Waals surface area (Å²) in [7, 11) is 0. The van der Waals surface area contributed by atoms with Gasteiger partial charge in [0.05, 0.1) is 0 Å². The van der Waals surface area contributed by atoms with E-state index >= 15 is 0 Å². The first-order valence-corrected chi connectivity index (χ1v) is 6.50. The molecule has 2 rings (SSSR count). The minimum atomic E-state index is -0.917. The second kappa shape index (κ2) is 4.31. The minimum absolute atomic E-state index is 0.0792. The van der Waals surface area contributed by atoms with Crippen LogP contribution in [0.3, 0.4) is 0 Å². The summed E-state index contributed by atoms with van der Waals surface area (Å²) in [5, 5.41) is 9.58. The Morgan fingerprint density at radius 3 is 2.06 bits per heavy atom. The summed E-state index contributed by atoms with van der Waals surface area (Å²) >= 11 is 0. The lowest BCUT2D eigenvalue weighted by molar-refractivity contribution is -0.162. The maximum absolute atomic E-state index is 11.8. The number of hydrogen-bond donors (Lipinski definition) is 1. The molecule has 4 heteroatoms. The monoisotopic (exact) mass is 239 g/mol. The lowest BCUT2D eigenvalue weighted by atomic mass is 9.75. The van der Waals surface area contributed by atoms with Gasteiger partial charge in [0.15, 0.2) is 0 Å². The Bertz CT molecular complexity index is 328. The maximum atomic E-state index is 11.8. The van der Waals surface area contributed by atoms with Gasteiger partial charge in [-0.05, 0) is 44.4 Å². The van der Waals surface area contributed by atoms with E-state index in [0.717, 1.165) is 25.7 Å².